The number of oxime groups is 1. The van der Waals surface area contributed by atoms with Crippen molar-refractivity contribution in [2.24, 2.45) is 11.1 Å². The van der Waals surface area contributed by atoms with Crippen molar-refractivity contribution in [2.75, 3.05) is 14.2 Å². The van der Waals surface area contributed by atoms with Gasteiger partial charge in [-0.05, 0) is 35.4 Å². The third-order valence-electron chi connectivity index (χ3n) is 4.99. The number of nitrogens with one attached hydrogen (secondary N) is 1. The molecule has 2 N–H and O–H groups in total. The molecule has 3 rings (SSSR count). The molecule has 2 aromatic carbocycles. The second kappa shape index (κ2) is 7.98. The Hall–Kier alpha value is -2.24. The standard InChI is InChI=1S/C20H23ClN2O3/c1-12-16(23-24)11-17(13-4-7-15(21)8-5-13)22-20(12)14-6-9-18(25-2)19(10-14)26-3/h4-10,12,17,20,22,24H,11H2,1-3H3/b23-16+. The Morgan fingerprint density at radius 2 is 1.69 bits per heavy atom. The minimum Gasteiger partial charge on any atom is -0.493 e. The van der Waals surface area contributed by atoms with E-state index in [1.807, 2.05) is 42.5 Å². The molecule has 1 fully saturated rings. The van der Waals surface area contributed by atoms with Crippen molar-refractivity contribution in [3.05, 3.63) is 58.6 Å². The normalized spacial score (nSPS) is 24.5. The first-order chi connectivity index (χ1) is 12.6. The molecule has 2 aromatic rings. The maximum Gasteiger partial charge on any atom is 0.161 e. The van der Waals surface area contributed by atoms with Gasteiger partial charge in [0, 0.05) is 29.4 Å². The van der Waals surface area contributed by atoms with Crippen molar-refractivity contribution in [1.29, 1.82) is 0 Å². The van der Waals surface area contributed by atoms with Gasteiger partial charge in [0.25, 0.3) is 0 Å². The molecule has 3 unspecified atom stereocenters. The molecule has 0 bridgehead atoms. The quantitative estimate of drug-likeness (QED) is 0.606. The topological polar surface area (TPSA) is 63.1 Å². The van der Waals surface area contributed by atoms with E-state index in [-0.39, 0.29) is 18.0 Å². The Morgan fingerprint density at radius 1 is 1.04 bits per heavy atom. The van der Waals surface area contributed by atoms with Gasteiger partial charge < -0.3 is 20.0 Å². The molecule has 3 atom stereocenters. The molecule has 0 saturated carbocycles. The minimum absolute atomic E-state index is 0.0184. The number of nitrogens with zero attached hydrogens (tertiary/aromatic N) is 1. The number of methoxy groups -OCH3 is 2. The largest absolute Gasteiger partial charge is 0.493 e. The lowest BCUT2D eigenvalue weighted by Gasteiger charge is -2.37. The van der Waals surface area contributed by atoms with E-state index >= 15 is 0 Å². The number of piperidine rings is 1. The summed E-state index contributed by atoms with van der Waals surface area (Å²) in [6, 6.07) is 13.6. The van der Waals surface area contributed by atoms with Crippen LogP contribution in [-0.2, 0) is 0 Å². The first-order valence-corrected chi connectivity index (χ1v) is 8.89. The number of hydrogen-bond donors (Lipinski definition) is 2. The lowest BCUT2D eigenvalue weighted by Crippen LogP contribution is -2.41. The van der Waals surface area contributed by atoms with Crippen LogP contribution in [0.2, 0.25) is 5.02 Å². The highest BCUT2D eigenvalue weighted by atomic mass is 35.5. The Labute approximate surface area is 158 Å². The first kappa shape index (κ1) is 18.5. The monoisotopic (exact) mass is 374 g/mol. The molecule has 0 aromatic heterocycles. The Bertz CT molecular complexity index is 792. The van der Waals surface area contributed by atoms with Crippen LogP contribution in [0.5, 0.6) is 11.5 Å². The molecule has 6 heteroatoms. The summed E-state index contributed by atoms with van der Waals surface area (Å²) in [7, 11) is 3.24. The summed E-state index contributed by atoms with van der Waals surface area (Å²) in [6.45, 7) is 2.06. The van der Waals surface area contributed by atoms with Crippen molar-refractivity contribution in [2.45, 2.75) is 25.4 Å². The van der Waals surface area contributed by atoms with Crippen LogP contribution in [0.1, 0.15) is 36.6 Å². The zero-order chi connectivity index (χ0) is 18.7. The number of hydrogen-bond acceptors (Lipinski definition) is 5. The van der Waals surface area contributed by atoms with Crippen LogP contribution in [0.4, 0.5) is 0 Å². The maximum absolute atomic E-state index is 9.51. The summed E-state index contributed by atoms with van der Waals surface area (Å²) in [5.41, 5.74) is 2.92. The molecule has 0 spiro atoms. The fourth-order valence-corrected chi connectivity index (χ4v) is 3.61. The number of halogens is 1. The fourth-order valence-electron chi connectivity index (χ4n) is 3.48. The first-order valence-electron chi connectivity index (χ1n) is 8.51. The van der Waals surface area contributed by atoms with E-state index in [1.54, 1.807) is 14.2 Å². The summed E-state index contributed by atoms with van der Waals surface area (Å²) in [5, 5.41) is 17.5. The van der Waals surface area contributed by atoms with Gasteiger partial charge in [-0.1, -0.05) is 41.9 Å². The molecular weight excluding hydrogens is 352 g/mol. The van der Waals surface area contributed by atoms with Crippen LogP contribution < -0.4 is 14.8 Å². The van der Waals surface area contributed by atoms with E-state index in [1.165, 1.54) is 0 Å². The van der Waals surface area contributed by atoms with Crippen LogP contribution in [0.3, 0.4) is 0 Å². The van der Waals surface area contributed by atoms with Gasteiger partial charge >= 0.3 is 0 Å². The van der Waals surface area contributed by atoms with Crippen molar-refractivity contribution in [3.8, 4) is 11.5 Å². The van der Waals surface area contributed by atoms with Gasteiger partial charge in [-0.2, -0.15) is 0 Å². The number of ether oxygens (including phenoxy) is 2. The molecule has 0 aliphatic carbocycles. The third kappa shape index (κ3) is 3.64. The molecule has 0 radical (unpaired) electrons. The SMILES string of the molecule is COc1ccc(C2NC(c3ccc(Cl)cc3)C/C(=N\O)C2C)cc1OC. The highest BCUT2D eigenvalue weighted by molar-refractivity contribution is 6.30. The Kier molecular flexibility index (Phi) is 5.69. The highest BCUT2D eigenvalue weighted by Gasteiger charge is 2.34. The molecule has 1 saturated heterocycles. The second-order valence-corrected chi connectivity index (χ2v) is 6.88. The van der Waals surface area contributed by atoms with Crippen molar-refractivity contribution >= 4 is 17.3 Å². The van der Waals surface area contributed by atoms with Gasteiger partial charge in [-0.25, -0.2) is 0 Å². The molecule has 1 aliphatic rings. The average molecular weight is 375 g/mol. The molecule has 138 valence electrons. The van der Waals surface area contributed by atoms with Crippen LogP contribution >= 0.6 is 11.6 Å². The van der Waals surface area contributed by atoms with E-state index in [0.717, 1.165) is 16.8 Å². The summed E-state index contributed by atoms with van der Waals surface area (Å²) in [5.74, 6) is 1.40. The fraction of sp³-hybridized carbons (Fsp3) is 0.350. The van der Waals surface area contributed by atoms with Crippen LogP contribution in [0.25, 0.3) is 0 Å². The zero-order valence-corrected chi connectivity index (χ0v) is 15.8. The van der Waals surface area contributed by atoms with Gasteiger partial charge in [0.1, 0.15) is 0 Å². The highest BCUT2D eigenvalue weighted by Crippen LogP contribution is 2.38. The second-order valence-electron chi connectivity index (χ2n) is 6.45. The van der Waals surface area contributed by atoms with Gasteiger partial charge in [0.05, 0.1) is 19.9 Å². The molecule has 26 heavy (non-hydrogen) atoms. The summed E-state index contributed by atoms with van der Waals surface area (Å²) in [6.07, 6.45) is 0.642. The maximum atomic E-state index is 9.51. The summed E-state index contributed by atoms with van der Waals surface area (Å²) in [4.78, 5) is 0. The van der Waals surface area contributed by atoms with E-state index in [0.29, 0.717) is 22.9 Å². The Morgan fingerprint density at radius 3 is 2.31 bits per heavy atom. The average Bonchev–Trinajstić information content (AvgIpc) is 2.68. The third-order valence-corrected chi connectivity index (χ3v) is 5.24. The van der Waals surface area contributed by atoms with Crippen molar-refractivity contribution < 1.29 is 14.7 Å². The molecular formula is C20H23ClN2O3. The predicted octanol–water partition coefficient (Wildman–Crippen LogP) is 4.60. The molecule has 5 nitrogen and oxygen atoms in total. The molecule has 0 amide bonds. The number of rotatable bonds is 4. The Balaban J connectivity index is 1.95. The summed E-state index contributed by atoms with van der Waals surface area (Å²) >= 11 is 6.01. The van der Waals surface area contributed by atoms with Crippen LogP contribution in [0, 0.1) is 5.92 Å². The van der Waals surface area contributed by atoms with E-state index in [4.69, 9.17) is 21.1 Å². The molecule has 1 heterocycles. The van der Waals surface area contributed by atoms with Gasteiger partial charge in [0.15, 0.2) is 11.5 Å². The molecule has 1 aliphatic heterocycles. The zero-order valence-electron chi connectivity index (χ0n) is 15.1. The van der Waals surface area contributed by atoms with Crippen molar-refractivity contribution in [1.82, 2.24) is 5.32 Å². The minimum atomic E-state index is -0.0184. The predicted molar refractivity (Wildman–Crippen MR) is 103 cm³/mol. The summed E-state index contributed by atoms with van der Waals surface area (Å²) < 4.78 is 10.8. The van der Waals surface area contributed by atoms with Crippen LogP contribution in [-0.4, -0.2) is 25.1 Å². The van der Waals surface area contributed by atoms with E-state index < -0.39 is 0 Å². The van der Waals surface area contributed by atoms with E-state index in [9.17, 15) is 5.21 Å². The van der Waals surface area contributed by atoms with Gasteiger partial charge in [-0.3, -0.25) is 0 Å². The van der Waals surface area contributed by atoms with Gasteiger partial charge in [0.2, 0.25) is 0 Å². The van der Waals surface area contributed by atoms with Crippen LogP contribution in [0.15, 0.2) is 47.6 Å². The lowest BCUT2D eigenvalue weighted by molar-refractivity contribution is 0.293. The lowest BCUT2D eigenvalue weighted by atomic mass is 9.81. The van der Waals surface area contributed by atoms with E-state index in [2.05, 4.69) is 17.4 Å². The number of benzene rings is 2. The van der Waals surface area contributed by atoms with Gasteiger partial charge in [-0.15, -0.1) is 0 Å². The van der Waals surface area contributed by atoms with Crippen molar-refractivity contribution in [3.63, 3.8) is 0 Å². The smallest absolute Gasteiger partial charge is 0.161 e.